The molecule has 1 atom stereocenters. The Labute approximate surface area is 112 Å². The molecule has 1 aromatic carbocycles. The Balaban J connectivity index is 2.31. The minimum atomic E-state index is -4.98. The molecule has 1 heterocycles. The summed E-state index contributed by atoms with van der Waals surface area (Å²) in [5.41, 5.74) is -1.06. The highest BCUT2D eigenvalue weighted by molar-refractivity contribution is 5.87. The van der Waals surface area contributed by atoms with Crippen LogP contribution < -0.4 is 0 Å². The highest BCUT2D eigenvalue weighted by atomic mass is 19.4. The molecule has 0 bridgehead atoms. The molecule has 2 rings (SSSR count). The van der Waals surface area contributed by atoms with Crippen molar-refractivity contribution in [2.45, 2.75) is 18.0 Å². The van der Waals surface area contributed by atoms with E-state index in [9.17, 15) is 27.9 Å². The van der Waals surface area contributed by atoms with E-state index in [1.165, 1.54) is 0 Å². The van der Waals surface area contributed by atoms with Gasteiger partial charge in [0.2, 0.25) is 0 Å². The number of amides is 1. The number of aliphatic carboxylic acids is 1. The van der Waals surface area contributed by atoms with Gasteiger partial charge in [-0.25, -0.2) is 0 Å². The predicted octanol–water partition coefficient (Wildman–Crippen LogP) is 1.80. The largest absolute Gasteiger partial charge is 0.481 e. The molecule has 7 heteroatoms. The third kappa shape index (κ3) is 2.35. The van der Waals surface area contributed by atoms with Crippen LogP contribution in [0.2, 0.25) is 0 Å². The molecular weight excluding hydrogens is 275 g/mol. The predicted molar refractivity (Wildman–Crippen MR) is 63.0 cm³/mol. The van der Waals surface area contributed by atoms with Gasteiger partial charge in [0.05, 0.1) is 0 Å². The number of nitrogens with zero attached hydrogens (tertiary/aromatic N) is 1. The number of carbonyl (C=O) groups excluding carboxylic acids is 1. The molecule has 20 heavy (non-hydrogen) atoms. The fraction of sp³-hybridized carbons (Fsp3) is 0.385. The van der Waals surface area contributed by atoms with Gasteiger partial charge in [-0.2, -0.15) is 13.2 Å². The van der Waals surface area contributed by atoms with Crippen LogP contribution in [0.3, 0.4) is 0 Å². The minimum Gasteiger partial charge on any atom is -0.481 e. The normalized spacial score (nSPS) is 22.9. The molecule has 0 spiro atoms. The monoisotopic (exact) mass is 287 g/mol. The quantitative estimate of drug-likeness (QED) is 0.902. The lowest BCUT2D eigenvalue weighted by Gasteiger charge is -2.25. The smallest absolute Gasteiger partial charge is 0.471 e. The summed E-state index contributed by atoms with van der Waals surface area (Å²) in [7, 11) is 0. The van der Waals surface area contributed by atoms with E-state index in [0.717, 1.165) is 0 Å². The van der Waals surface area contributed by atoms with Crippen LogP contribution in [0, 0.1) is 0 Å². The van der Waals surface area contributed by atoms with Crippen molar-refractivity contribution in [1.29, 1.82) is 0 Å². The van der Waals surface area contributed by atoms with Crippen molar-refractivity contribution in [3.63, 3.8) is 0 Å². The summed E-state index contributed by atoms with van der Waals surface area (Å²) in [6.07, 6.45) is -5.01. The summed E-state index contributed by atoms with van der Waals surface area (Å²) in [5, 5.41) is 9.40. The Kier molecular flexibility index (Phi) is 3.45. The molecule has 1 fully saturated rings. The third-order valence-electron chi connectivity index (χ3n) is 3.53. The summed E-state index contributed by atoms with van der Waals surface area (Å²) in [4.78, 5) is 23.3. The summed E-state index contributed by atoms with van der Waals surface area (Å²) in [6, 6.07) is 8.03. The average Bonchev–Trinajstić information content (AvgIpc) is 2.84. The van der Waals surface area contributed by atoms with Crippen LogP contribution >= 0.6 is 0 Å². The lowest BCUT2D eigenvalue weighted by atomic mass is 9.80. The van der Waals surface area contributed by atoms with E-state index in [1.54, 1.807) is 30.3 Å². The van der Waals surface area contributed by atoms with Crippen LogP contribution in [0.25, 0.3) is 0 Å². The molecule has 1 amide bonds. The van der Waals surface area contributed by atoms with E-state index in [0.29, 0.717) is 10.5 Å². The molecule has 0 saturated carbocycles. The lowest BCUT2D eigenvalue weighted by molar-refractivity contribution is -0.184. The zero-order valence-corrected chi connectivity index (χ0v) is 10.4. The number of hydrogen-bond donors (Lipinski definition) is 1. The fourth-order valence-corrected chi connectivity index (χ4v) is 2.45. The van der Waals surface area contributed by atoms with Crippen LogP contribution in [0.1, 0.15) is 12.0 Å². The first-order chi connectivity index (χ1) is 9.27. The highest BCUT2D eigenvalue weighted by Crippen LogP contribution is 2.36. The van der Waals surface area contributed by atoms with Gasteiger partial charge in [0, 0.05) is 13.1 Å². The molecule has 0 radical (unpaired) electrons. The maximum atomic E-state index is 12.4. The molecule has 1 aliphatic heterocycles. The lowest BCUT2D eigenvalue weighted by Crippen LogP contribution is -2.44. The number of likely N-dealkylation sites (tertiary alicyclic amines) is 1. The molecule has 4 nitrogen and oxygen atoms in total. The number of carbonyl (C=O) groups is 2. The first kappa shape index (κ1) is 14.4. The van der Waals surface area contributed by atoms with Crippen molar-refractivity contribution >= 4 is 11.9 Å². The van der Waals surface area contributed by atoms with Crippen LogP contribution in [0.4, 0.5) is 13.2 Å². The second kappa shape index (κ2) is 4.81. The molecule has 1 unspecified atom stereocenters. The van der Waals surface area contributed by atoms with E-state index in [1.807, 2.05) is 0 Å². The number of alkyl halides is 3. The topological polar surface area (TPSA) is 57.6 Å². The average molecular weight is 287 g/mol. The van der Waals surface area contributed by atoms with Crippen molar-refractivity contribution < 1.29 is 27.9 Å². The second-order valence-corrected chi connectivity index (χ2v) is 4.73. The Hall–Kier alpha value is -2.05. The van der Waals surface area contributed by atoms with Crippen LogP contribution in [0.15, 0.2) is 30.3 Å². The van der Waals surface area contributed by atoms with Crippen LogP contribution in [-0.2, 0) is 15.0 Å². The fourth-order valence-electron chi connectivity index (χ4n) is 2.45. The summed E-state index contributed by atoms with van der Waals surface area (Å²) in [5.74, 6) is -3.21. The van der Waals surface area contributed by atoms with Crippen molar-refractivity contribution in [2.24, 2.45) is 0 Å². The molecule has 1 aromatic rings. The van der Waals surface area contributed by atoms with E-state index >= 15 is 0 Å². The zero-order valence-electron chi connectivity index (χ0n) is 10.4. The molecule has 1 N–H and O–H groups in total. The Morgan fingerprint density at radius 2 is 1.80 bits per heavy atom. The van der Waals surface area contributed by atoms with Crippen LogP contribution in [0.5, 0.6) is 0 Å². The third-order valence-corrected chi connectivity index (χ3v) is 3.53. The Morgan fingerprint density at radius 3 is 2.30 bits per heavy atom. The highest BCUT2D eigenvalue weighted by Gasteiger charge is 2.52. The molecule has 0 aliphatic carbocycles. The van der Waals surface area contributed by atoms with Gasteiger partial charge in [0.15, 0.2) is 0 Å². The molecule has 1 saturated heterocycles. The van der Waals surface area contributed by atoms with Gasteiger partial charge in [-0.05, 0) is 12.0 Å². The number of carboxylic acids is 1. The van der Waals surface area contributed by atoms with Crippen molar-refractivity contribution in [3.8, 4) is 0 Å². The van der Waals surface area contributed by atoms with Crippen molar-refractivity contribution in [1.82, 2.24) is 4.90 Å². The van der Waals surface area contributed by atoms with E-state index in [-0.39, 0.29) is 13.0 Å². The second-order valence-electron chi connectivity index (χ2n) is 4.73. The first-order valence-electron chi connectivity index (χ1n) is 5.92. The van der Waals surface area contributed by atoms with Crippen molar-refractivity contribution in [2.75, 3.05) is 13.1 Å². The molecule has 1 aliphatic rings. The molecule has 108 valence electrons. The number of benzene rings is 1. The molecular formula is C13H12F3NO3. The SMILES string of the molecule is O=C(N1CCC(C(=O)O)(c2ccccc2)C1)C(F)(F)F. The summed E-state index contributed by atoms with van der Waals surface area (Å²) in [6.45, 7) is -0.690. The van der Waals surface area contributed by atoms with Gasteiger partial charge in [0.25, 0.3) is 0 Å². The van der Waals surface area contributed by atoms with Gasteiger partial charge >= 0.3 is 18.1 Å². The van der Waals surface area contributed by atoms with Gasteiger partial charge in [-0.15, -0.1) is 0 Å². The van der Waals surface area contributed by atoms with E-state index < -0.39 is 30.0 Å². The molecule has 0 aromatic heterocycles. The van der Waals surface area contributed by atoms with E-state index in [4.69, 9.17) is 0 Å². The maximum Gasteiger partial charge on any atom is 0.471 e. The first-order valence-corrected chi connectivity index (χ1v) is 5.92. The van der Waals surface area contributed by atoms with Crippen molar-refractivity contribution in [3.05, 3.63) is 35.9 Å². The number of hydrogen-bond acceptors (Lipinski definition) is 2. The maximum absolute atomic E-state index is 12.4. The van der Waals surface area contributed by atoms with Gasteiger partial charge < -0.3 is 10.0 Å². The van der Waals surface area contributed by atoms with Gasteiger partial charge in [0.1, 0.15) is 5.41 Å². The summed E-state index contributed by atoms with van der Waals surface area (Å²) >= 11 is 0. The number of halogens is 3. The zero-order chi connectivity index (χ0) is 15.0. The standard InChI is InChI=1S/C13H12F3NO3/c14-13(15,16)10(18)17-7-6-12(8-17,11(19)20)9-4-2-1-3-5-9/h1-5H,6-8H2,(H,19,20). The number of rotatable bonds is 2. The van der Waals surface area contributed by atoms with Gasteiger partial charge in [-0.3, -0.25) is 9.59 Å². The Morgan fingerprint density at radius 1 is 1.20 bits per heavy atom. The summed E-state index contributed by atoms with van der Waals surface area (Å²) < 4.78 is 37.3. The number of carboxylic acid groups (broad SMARTS) is 1. The van der Waals surface area contributed by atoms with Crippen LogP contribution in [-0.4, -0.2) is 41.1 Å². The Bertz CT molecular complexity index is 529. The van der Waals surface area contributed by atoms with Gasteiger partial charge in [-0.1, -0.05) is 30.3 Å². The van der Waals surface area contributed by atoms with E-state index in [2.05, 4.69) is 0 Å². The minimum absolute atomic E-state index is 0.0336.